The number of carboxylic acid groups (broad SMARTS) is 1. The van der Waals surface area contributed by atoms with E-state index in [1.165, 1.54) is 17.0 Å². The topological polar surface area (TPSA) is 101 Å². The van der Waals surface area contributed by atoms with Crippen LogP contribution in [0.1, 0.15) is 29.4 Å². The van der Waals surface area contributed by atoms with Crippen molar-refractivity contribution in [2.24, 2.45) is 5.92 Å². The summed E-state index contributed by atoms with van der Waals surface area (Å²) in [5.74, 6) is -1.94. The highest BCUT2D eigenvalue weighted by Gasteiger charge is 2.35. The molecule has 0 aromatic carbocycles. The number of nitro groups is 1. The molecule has 1 N–H and O–H groups in total. The van der Waals surface area contributed by atoms with Crippen LogP contribution in [0.3, 0.4) is 0 Å². The third-order valence-corrected chi connectivity index (χ3v) is 4.15. The summed E-state index contributed by atoms with van der Waals surface area (Å²) in [6, 6.07) is 2.78. The highest BCUT2D eigenvalue weighted by atomic mass is 32.1. The lowest BCUT2D eigenvalue weighted by Gasteiger charge is -2.23. The Morgan fingerprint density at radius 2 is 2.20 bits per heavy atom. The molecule has 1 aromatic heterocycles. The number of aliphatic carboxylic acids is 1. The van der Waals surface area contributed by atoms with Crippen molar-refractivity contribution in [1.82, 2.24) is 4.90 Å². The molecule has 8 heteroatoms. The van der Waals surface area contributed by atoms with Crippen LogP contribution in [0.25, 0.3) is 0 Å². The fourth-order valence-electron chi connectivity index (χ4n) is 1.84. The van der Waals surface area contributed by atoms with Crippen LogP contribution in [0.4, 0.5) is 5.00 Å². The number of rotatable bonds is 6. The highest BCUT2D eigenvalue weighted by molar-refractivity contribution is 7.17. The average molecular weight is 298 g/mol. The van der Waals surface area contributed by atoms with Gasteiger partial charge < -0.3 is 10.0 Å². The number of hydrogen-bond donors (Lipinski definition) is 1. The SMILES string of the molecule is CC(CN(C(=O)c1ccc([N+](=O)[O-])s1)C1CC1)C(=O)O. The maximum Gasteiger partial charge on any atom is 0.324 e. The van der Waals surface area contributed by atoms with Gasteiger partial charge in [-0.3, -0.25) is 19.7 Å². The zero-order valence-electron chi connectivity index (χ0n) is 10.8. The third-order valence-electron chi connectivity index (χ3n) is 3.12. The Morgan fingerprint density at radius 1 is 1.55 bits per heavy atom. The number of thiophene rings is 1. The molecule has 1 heterocycles. The molecule has 0 saturated heterocycles. The molecular weight excluding hydrogens is 284 g/mol. The summed E-state index contributed by atoms with van der Waals surface area (Å²) in [5, 5.41) is 19.5. The van der Waals surface area contributed by atoms with Gasteiger partial charge in [0.15, 0.2) is 0 Å². The van der Waals surface area contributed by atoms with Crippen molar-refractivity contribution >= 4 is 28.2 Å². The predicted octanol–water partition coefficient (Wildman–Crippen LogP) is 1.98. The van der Waals surface area contributed by atoms with E-state index in [2.05, 4.69) is 0 Å². The van der Waals surface area contributed by atoms with E-state index in [9.17, 15) is 19.7 Å². The quantitative estimate of drug-likeness (QED) is 0.639. The van der Waals surface area contributed by atoms with Crippen molar-refractivity contribution in [2.75, 3.05) is 6.54 Å². The Kier molecular flexibility index (Phi) is 4.03. The number of carbonyl (C=O) groups is 2. The number of nitrogens with zero attached hydrogens (tertiary/aromatic N) is 2. The van der Waals surface area contributed by atoms with Crippen LogP contribution in [-0.2, 0) is 4.79 Å². The second-order valence-electron chi connectivity index (χ2n) is 4.82. The van der Waals surface area contributed by atoms with Crippen molar-refractivity contribution in [2.45, 2.75) is 25.8 Å². The first kappa shape index (κ1) is 14.4. The minimum absolute atomic E-state index is 0.0606. The van der Waals surface area contributed by atoms with Gasteiger partial charge in [0, 0.05) is 18.7 Å². The first-order chi connectivity index (χ1) is 9.40. The molecule has 1 atom stereocenters. The molecule has 1 unspecified atom stereocenters. The monoisotopic (exact) mass is 298 g/mol. The van der Waals surface area contributed by atoms with E-state index in [1.54, 1.807) is 6.92 Å². The maximum absolute atomic E-state index is 12.3. The lowest BCUT2D eigenvalue weighted by atomic mass is 10.1. The summed E-state index contributed by atoms with van der Waals surface area (Å²) >= 11 is 0.820. The van der Waals surface area contributed by atoms with Crippen LogP contribution >= 0.6 is 11.3 Å². The molecule has 108 valence electrons. The molecule has 1 aliphatic carbocycles. The average Bonchev–Trinajstić information content (AvgIpc) is 3.10. The largest absolute Gasteiger partial charge is 0.481 e. The van der Waals surface area contributed by atoms with Crippen LogP contribution in [-0.4, -0.2) is 39.4 Å². The van der Waals surface area contributed by atoms with E-state index in [4.69, 9.17) is 5.11 Å². The molecule has 0 bridgehead atoms. The standard InChI is InChI=1S/C12H14N2O5S/c1-7(12(16)17)6-13(8-2-3-8)11(15)9-4-5-10(20-9)14(18)19/h4-5,7-8H,2-3,6H2,1H3,(H,16,17). The van der Waals surface area contributed by atoms with Gasteiger partial charge in [0.2, 0.25) is 0 Å². The molecule has 20 heavy (non-hydrogen) atoms. The van der Waals surface area contributed by atoms with E-state index in [0.717, 1.165) is 24.2 Å². The van der Waals surface area contributed by atoms with Gasteiger partial charge in [-0.05, 0) is 18.9 Å². The number of carbonyl (C=O) groups excluding carboxylic acids is 1. The molecule has 0 spiro atoms. The first-order valence-electron chi connectivity index (χ1n) is 6.18. The normalized spacial score (nSPS) is 15.7. The van der Waals surface area contributed by atoms with E-state index < -0.39 is 16.8 Å². The smallest absolute Gasteiger partial charge is 0.324 e. The number of amides is 1. The van der Waals surface area contributed by atoms with E-state index in [0.29, 0.717) is 0 Å². The van der Waals surface area contributed by atoms with E-state index >= 15 is 0 Å². The van der Waals surface area contributed by atoms with E-state index in [1.807, 2.05) is 0 Å². The van der Waals surface area contributed by atoms with Crippen LogP contribution < -0.4 is 0 Å². The van der Waals surface area contributed by atoms with Crippen LogP contribution in [0.15, 0.2) is 12.1 Å². The fourth-order valence-corrected chi connectivity index (χ4v) is 2.62. The Hall–Kier alpha value is -1.96. The Bertz CT molecular complexity index is 552. The lowest BCUT2D eigenvalue weighted by Crippen LogP contribution is -2.38. The van der Waals surface area contributed by atoms with Gasteiger partial charge in [0.25, 0.3) is 5.91 Å². The highest BCUT2D eigenvalue weighted by Crippen LogP contribution is 2.32. The van der Waals surface area contributed by atoms with Crippen molar-refractivity contribution in [1.29, 1.82) is 0 Å². The van der Waals surface area contributed by atoms with Crippen LogP contribution in [0.2, 0.25) is 0 Å². The summed E-state index contributed by atoms with van der Waals surface area (Å²) in [6.45, 7) is 1.67. The summed E-state index contributed by atoms with van der Waals surface area (Å²) in [7, 11) is 0. The molecular formula is C12H14N2O5S. The van der Waals surface area contributed by atoms with Gasteiger partial charge in [-0.2, -0.15) is 0 Å². The summed E-state index contributed by atoms with van der Waals surface area (Å²) < 4.78 is 0. The summed E-state index contributed by atoms with van der Waals surface area (Å²) in [4.78, 5) is 35.1. The van der Waals surface area contributed by atoms with Crippen molar-refractivity contribution in [3.63, 3.8) is 0 Å². The second kappa shape index (κ2) is 5.58. The minimum atomic E-state index is -0.958. The minimum Gasteiger partial charge on any atom is -0.481 e. The lowest BCUT2D eigenvalue weighted by molar-refractivity contribution is -0.380. The van der Waals surface area contributed by atoms with Crippen LogP contribution in [0, 0.1) is 16.0 Å². The third kappa shape index (κ3) is 3.13. The van der Waals surface area contributed by atoms with Crippen molar-refractivity contribution in [3.8, 4) is 0 Å². The maximum atomic E-state index is 12.3. The number of carboxylic acids is 1. The zero-order chi connectivity index (χ0) is 14.9. The fraction of sp³-hybridized carbons (Fsp3) is 0.500. The molecule has 1 aromatic rings. The van der Waals surface area contributed by atoms with Crippen molar-refractivity contribution < 1.29 is 19.6 Å². The predicted molar refractivity (Wildman–Crippen MR) is 71.8 cm³/mol. The van der Waals surface area contributed by atoms with Crippen LogP contribution in [0.5, 0.6) is 0 Å². The number of hydrogen-bond acceptors (Lipinski definition) is 5. The molecule has 2 rings (SSSR count). The molecule has 1 aliphatic rings. The first-order valence-corrected chi connectivity index (χ1v) is 6.99. The van der Waals surface area contributed by atoms with Gasteiger partial charge >= 0.3 is 11.0 Å². The Balaban J connectivity index is 2.14. The molecule has 1 saturated carbocycles. The summed E-state index contributed by atoms with van der Waals surface area (Å²) in [5.41, 5.74) is 0. The molecule has 1 amide bonds. The van der Waals surface area contributed by atoms with Gasteiger partial charge in [-0.1, -0.05) is 18.3 Å². The van der Waals surface area contributed by atoms with Gasteiger partial charge in [0.1, 0.15) is 0 Å². The van der Waals surface area contributed by atoms with Gasteiger partial charge in [0.05, 0.1) is 15.7 Å². The van der Waals surface area contributed by atoms with Gasteiger partial charge in [-0.15, -0.1) is 0 Å². The molecule has 0 radical (unpaired) electrons. The molecule has 7 nitrogen and oxygen atoms in total. The second-order valence-corrected chi connectivity index (χ2v) is 5.89. The molecule has 0 aliphatic heterocycles. The van der Waals surface area contributed by atoms with Crippen molar-refractivity contribution in [3.05, 3.63) is 27.1 Å². The summed E-state index contributed by atoms with van der Waals surface area (Å²) in [6.07, 6.45) is 1.71. The Morgan fingerprint density at radius 3 is 2.65 bits per heavy atom. The van der Waals surface area contributed by atoms with Gasteiger partial charge in [-0.25, -0.2) is 0 Å². The Labute approximate surface area is 119 Å². The molecule has 1 fully saturated rings. The zero-order valence-corrected chi connectivity index (χ0v) is 11.6. The van der Waals surface area contributed by atoms with E-state index in [-0.39, 0.29) is 28.4 Å².